The molecule has 1 aliphatic rings. The van der Waals surface area contributed by atoms with Gasteiger partial charge in [0.2, 0.25) is 0 Å². The molecule has 0 N–H and O–H groups in total. The molecule has 0 spiro atoms. The molecule has 6 heteroatoms. The zero-order chi connectivity index (χ0) is 20.9. The number of benzene rings is 1. The van der Waals surface area contributed by atoms with Crippen LogP contribution in [-0.2, 0) is 0 Å². The Morgan fingerprint density at radius 2 is 1.83 bits per heavy atom. The average Bonchev–Trinajstić information content (AvgIpc) is 3.20. The number of nitrogens with zero attached hydrogens (tertiary/aromatic N) is 5. The Morgan fingerprint density at radius 1 is 1.14 bits per heavy atom. The molecule has 0 bridgehead atoms. The van der Waals surface area contributed by atoms with Crippen LogP contribution in [0.4, 0.5) is 5.82 Å². The third-order valence-electron chi connectivity index (χ3n) is 6.09. The van der Waals surface area contributed by atoms with E-state index in [9.17, 15) is 0 Å². The van der Waals surface area contributed by atoms with Crippen LogP contribution >= 0.6 is 15.9 Å². The van der Waals surface area contributed by atoms with Crippen molar-refractivity contribution in [1.29, 1.82) is 5.26 Å². The van der Waals surface area contributed by atoms with Gasteiger partial charge in [-0.15, -0.1) is 0 Å². The predicted molar refractivity (Wildman–Crippen MR) is 121 cm³/mol. The Kier molecular flexibility index (Phi) is 5.12. The average molecular weight is 452 g/mol. The molecule has 1 atom stereocenters. The minimum Gasteiger partial charge on any atom is -0.356 e. The molecule has 3 heterocycles. The number of rotatable bonds is 3. The summed E-state index contributed by atoms with van der Waals surface area (Å²) in [5, 5.41) is 10.2. The lowest BCUT2D eigenvalue weighted by Crippen LogP contribution is -2.21. The molecule has 1 saturated heterocycles. The van der Waals surface area contributed by atoms with Gasteiger partial charge in [0, 0.05) is 29.7 Å². The highest BCUT2D eigenvalue weighted by atomic mass is 79.9. The van der Waals surface area contributed by atoms with E-state index < -0.39 is 0 Å². The van der Waals surface area contributed by atoms with Gasteiger partial charge in [-0.05, 0) is 75.8 Å². The maximum atomic E-state index is 9.08. The molecule has 3 aromatic rings. The fraction of sp³-hybridized carbons (Fsp3) is 0.435. The van der Waals surface area contributed by atoms with Crippen LogP contribution in [0, 0.1) is 51.9 Å². The van der Waals surface area contributed by atoms with E-state index in [1.54, 1.807) is 0 Å². The second-order valence-electron chi connectivity index (χ2n) is 8.19. The lowest BCUT2D eigenvalue weighted by Gasteiger charge is -2.19. The molecule has 4 rings (SSSR count). The van der Waals surface area contributed by atoms with Crippen LogP contribution in [0.25, 0.3) is 16.7 Å². The molecule has 0 radical (unpaired) electrons. The van der Waals surface area contributed by atoms with Crippen LogP contribution in [0.15, 0.2) is 16.6 Å². The SMILES string of the molecule is Cc1nc(N2CCC(CC#N)C2)c2c(C)c(C)n(-c3c(C)cc(Br)cc3C)c2n1. The molecular weight excluding hydrogens is 426 g/mol. The van der Waals surface area contributed by atoms with Crippen LogP contribution in [0.3, 0.4) is 0 Å². The first-order valence-electron chi connectivity index (χ1n) is 10.1. The maximum absolute atomic E-state index is 9.08. The zero-order valence-electron chi connectivity index (χ0n) is 17.7. The largest absolute Gasteiger partial charge is 0.356 e. The smallest absolute Gasteiger partial charge is 0.150 e. The third-order valence-corrected chi connectivity index (χ3v) is 6.55. The van der Waals surface area contributed by atoms with E-state index in [0.717, 1.165) is 46.7 Å². The van der Waals surface area contributed by atoms with Crippen LogP contribution in [-0.4, -0.2) is 27.6 Å². The molecule has 2 aromatic heterocycles. The Hall–Kier alpha value is -2.39. The normalized spacial score (nSPS) is 16.6. The summed E-state index contributed by atoms with van der Waals surface area (Å²) in [5.41, 5.74) is 7.01. The van der Waals surface area contributed by atoms with Crippen molar-refractivity contribution in [3.05, 3.63) is 44.8 Å². The molecule has 0 aliphatic carbocycles. The molecule has 150 valence electrons. The number of anilines is 1. The first kappa shape index (κ1) is 19.9. The topological polar surface area (TPSA) is 57.7 Å². The van der Waals surface area contributed by atoms with Crippen molar-refractivity contribution < 1.29 is 0 Å². The molecule has 1 unspecified atom stereocenters. The van der Waals surface area contributed by atoms with Crippen molar-refractivity contribution >= 4 is 32.8 Å². The number of aryl methyl sites for hydroxylation is 4. The van der Waals surface area contributed by atoms with E-state index in [-0.39, 0.29) is 0 Å². The van der Waals surface area contributed by atoms with Crippen LogP contribution < -0.4 is 4.90 Å². The highest BCUT2D eigenvalue weighted by molar-refractivity contribution is 9.10. The molecular formula is C23H26BrN5. The zero-order valence-corrected chi connectivity index (χ0v) is 19.3. The van der Waals surface area contributed by atoms with E-state index >= 15 is 0 Å². The summed E-state index contributed by atoms with van der Waals surface area (Å²) in [5.74, 6) is 2.21. The van der Waals surface area contributed by atoms with Crippen LogP contribution in [0.5, 0.6) is 0 Å². The number of nitriles is 1. The van der Waals surface area contributed by atoms with Gasteiger partial charge < -0.3 is 4.90 Å². The predicted octanol–water partition coefficient (Wildman–Crippen LogP) is 5.47. The van der Waals surface area contributed by atoms with E-state index in [4.69, 9.17) is 15.2 Å². The number of hydrogen-bond donors (Lipinski definition) is 0. The van der Waals surface area contributed by atoms with Crippen LogP contribution in [0.1, 0.15) is 41.1 Å². The van der Waals surface area contributed by atoms with E-state index in [0.29, 0.717) is 12.3 Å². The van der Waals surface area contributed by atoms with Gasteiger partial charge in [-0.1, -0.05) is 15.9 Å². The molecule has 5 nitrogen and oxygen atoms in total. The van der Waals surface area contributed by atoms with Crippen molar-refractivity contribution in [3.63, 3.8) is 0 Å². The van der Waals surface area contributed by atoms with Gasteiger partial charge in [-0.2, -0.15) is 5.26 Å². The minimum absolute atomic E-state index is 0.421. The Morgan fingerprint density at radius 3 is 2.48 bits per heavy atom. The molecule has 1 fully saturated rings. The lowest BCUT2D eigenvalue weighted by atomic mass is 10.1. The summed E-state index contributed by atoms with van der Waals surface area (Å²) in [6.07, 6.45) is 1.65. The summed E-state index contributed by atoms with van der Waals surface area (Å²) >= 11 is 3.61. The molecule has 1 aromatic carbocycles. The van der Waals surface area contributed by atoms with Gasteiger partial charge in [-0.3, -0.25) is 4.57 Å². The van der Waals surface area contributed by atoms with Gasteiger partial charge in [0.25, 0.3) is 0 Å². The van der Waals surface area contributed by atoms with Gasteiger partial charge >= 0.3 is 0 Å². The van der Waals surface area contributed by atoms with Gasteiger partial charge in [0.05, 0.1) is 17.1 Å². The van der Waals surface area contributed by atoms with Gasteiger partial charge in [-0.25, -0.2) is 9.97 Å². The second-order valence-corrected chi connectivity index (χ2v) is 9.11. The number of halogens is 1. The highest BCUT2D eigenvalue weighted by Crippen LogP contribution is 2.37. The maximum Gasteiger partial charge on any atom is 0.150 e. The van der Waals surface area contributed by atoms with Crippen LogP contribution in [0.2, 0.25) is 0 Å². The first-order valence-corrected chi connectivity index (χ1v) is 10.9. The number of fused-ring (bicyclic) bond motifs is 1. The minimum atomic E-state index is 0.421. The van der Waals surface area contributed by atoms with E-state index in [2.05, 4.69) is 71.3 Å². The molecule has 29 heavy (non-hydrogen) atoms. The molecule has 1 aliphatic heterocycles. The van der Waals surface area contributed by atoms with Crippen molar-refractivity contribution in [1.82, 2.24) is 14.5 Å². The summed E-state index contributed by atoms with van der Waals surface area (Å²) in [7, 11) is 0. The van der Waals surface area contributed by atoms with Gasteiger partial charge in [0.1, 0.15) is 11.6 Å². The summed E-state index contributed by atoms with van der Waals surface area (Å²) in [6, 6.07) is 6.64. The second kappa shape index (κ2) is 7.46. The summed E-state index contributed by atoms with van der Waals surface area (Å²) in [4.78, 5) is 12.1. The van der Waals surface area contributed by atoms with E-state index in [1.165, 1.54) is 28.1 Å². The van der Waals surface area contributed by atoms with Crippen molar-refractivity contribution in [2.24, 2.45) is 5.92 Å². The molecule has 0 saturated carbocycles. The lowest BCUT2D eigenvalue weighted by molar-refractivity contribution is 0.605. The first-order chi connectivity index (χ1) is 13.8. The summed E-state index contributed by atoms with van der Waals surface area (Å²) < 4.78 is 3.39. The molecule has 0 amide bonds. The Balaban J connectivity index is 1.96. The van der Waals surface area contributed by atoms with Gasteiger partial charge in [0.15, 0.2) is 5.65 Å². The monoisotopic (exact) mass is 451 g/mol. The fourth-order valence-electron chi connectivity index (χ4n) is 4.63. The summed E-state index contributed by atoms with van der Waals surface area (Å²) in [6.45, 7) is 12.4. The number of aromatic nitrogens is 3. The highest BCUT2D eigenvalue weighted by Gasteiger charge is 2.28. The van der Waals surface area contributed by atoms with Crippen molar-refractivity contribution in [2.45, 2.75) is 47.5 Å². The van der Waals surface area contributed by atoms with E-state index in [1.807, 2.05) is 6.92 Å². The Labute approximate surface area is 180 Å². The standard InChI is InChI=1S/C23H26BrN5/c1-13-10-19(24)11-14(2)21(13)29-16(4)15(3)20-22(26-17(5)27-23(20)29)28-9-7-18(12-28)6-8-25/h10-11,18H,6-7,9,12H2,1-5H3. The quantitative estimate of drug-likeness (QED) is 0.529. The number of hydrogen-bond acceptors (Lipinski definition) is 4. The fourth-order valence-corrected chi connectivity index (χ4v) is 5.31. The Bertz CT molecular complexity index is 1130. The van der Waals surface area contributed by atoms with Crippen molar-refractivity contribution in [3.8, 4) is 11.8 Å². The van der Waals surface area contributed by atoms with Crippen molar-refractivity contribution in [2.75, 3.05) is 18.0 Å². The third kappa shape index (κ3) is 3.32.